The monoisotopic (exact) mass is 305 g/mol. The van der Waals surface area contributed by atoms with Gasteiger partial charge in [0.15, 0.2) is 0 Å². The van der Waals surface area contributed by atoms with Crippen molar-refractivity contribution in [3.05, 3.63) is 33.3 Å². The number of carbonyl (C=O) groups is 1. The van der Waals surface area contributed by atoms with Gasteiger partial charge in [-0.2, -0.15) is 0 Å². The molecule has 0 spiro atoms. The van der Waals surface area contributed by atoms with Gasteiger partial charge in [-0.15, -0.1) is 0 Å². The lowest BCUT2D eigenvalue weighted by atomic mass is 10.2. The second-order valence-corrected chi connectivity index (χ2v) is 4.61. The summed E-state index contributed by atoms with van der Waals surface area (Å²) in [6.07, 6.45) is 0. The molecule has 0 N–H and O–H groups in total. The van der Waals surface area contributed by atoms with Gasteiger partial charge in [-0.3, -0.25) is 4.79 Å². The van der Waals surface area contributed by atoms with E-state index in [0.717, 1.165) is 4.47 Å². The third-order valence-electron chi connectivity index (χ3n) is 2.14. The van der Waals surface area contributed by atoms with E-state index in [4.69, 9.17) is 16.3 Å². The molecule has 0 saturated carbocycles. The zero-order chi connectivity index (χ0) is 12.1. The summed E-state index contributed by atoms with van der Waals surface area (Å²) in [6.45, 7) is 1.08. The predicted octanol–water partition coefficient (Wildman–Crippen LogP) is 2.82. The highest BCUT2D eigenvalue weighted by Gasteiger charge is 2.12. The Morgan fingerprint density at radius 2 is 2.25 bits per heavy atom. The maximum Gasteiger partial charge on any atom is 0.253 e. The summed E-state index contributed by atoms with van der Waals surface area (Å²) in [7, 11) is 3.34. The minimum absolute atomic E-state index is 0.0635. The van der Waals surface area contributed by atoms with E-state index in [1.54, 1.807) is 37.3 Å². The SMILES string of the molecule is COCCN(C)C(=O)c1ccc(Br)c(Cl)c1. The van der Waals surface area contributed by atoms with E-state index in [1.165, 1.54) is 0 Å². The summed E-state index contributed by atoms with van der Waals surface area (Å²) >= 11 is 9.21. The number of ether oxygens (including phenoxy) is 1. The highest BCUT2D eigenvalue weighted by molar-refractivity contribution is 9.10. The Bertz CT molecular complexity index is 384. The van der Waals surface area contributed by atoms with Crippen LogP contribution in [0.1, 0.15) is 10.4 Å². The fourth-order valence-electron chi connectivity index (χ4n) is 1.18. The van der Waals surface area contributed by atoms with E-state index in [9.17, 15) is 4.79 Å². The molecule has 0 atom stereocenters. The van der Waals surface area contributed by atoms with Gasteiger partial charge in [0.2, 0.25) is 0 Å². The third-order valence-corrected chi connectivity index (χ3v) is 3.38. The van der Waals surface area contributed by atoms with Gasteiger partial charge in [0, 0.05) is 30.7 Å². The Morgan fingerprint density at radius 3 is 2.81 bits per heavy atom. The van der Waals surface area contributed by atoms with Crippen LogP contribution in [0.4, 0.5) is 0 Å². The van der Waals surface area contributed by atoms with Crippen molar-refractivity contribution in [2.45, 2.75) is 0 Å². The standard InChI is InChI=1S/C11H13BrClNO2/c1-14(5-6-16-2)11(15)8-3-4-9(12)10(13)7-8/h3-4,7H,5-6H2,1-2H3. The molecule has 3 nitrogen and oxygen atoms in total. The van der Waals surface area contributed by atoms with Crippen LogP contribution in [-0.4, -0.2) is 38.1 Å². The summed E-state index contributed by atoms with van der Waals surface area (Å²) in [6, 6.07) is 5.15. The minimum atomic E-state index is -0.0635. The lowest BCUT2D eigenvalue weighted by Crippen LogP contribution is -2.29. The average Bonchev–Trinajstić information content (AvgIpc) is 2.28. The van der Waals surface area contributed by atoms with Crippen LogP contribution in [0.5, 0.6) is 0 Å². The number of amides is 1. The van der Waals surface area contributed by atoms with Crippen molar-refractivity contribution < 1.29 is 9.53 Å². The number of rotatable bonds is 4. The van der Waals surface area contributed by atoms with E-state index in [1.807, 2.05) is 0 Å². The zero-order valence-corrected chi connectivity index (χ0v) is 11.5. The molecule has 0 aliphatic heterocycles. The molecule has 5 heteroatoms. The molecule has 16 heavy (non-hydrogen) atoms. The molecule has 0 radical (unpaired) electrons. The Hall–Kier alpha value is -0.580. The Balaban J connectivity index is 2.76. The average molecular weight is 307 g/mol. The second-order valence-electron chi connectivity index (χ2n) is 3.35. The molecule has 0 unspecified atom stereocenters. The van der Waals surface area contributed by atoms with Crippen molar-refractivity contribution in [1.29, 1.82) is 0 Å². The van der Waals surface area contributed by atoms with Crippen molar-refractivity contribution in [2.75, 3.05) is 27.3 Å². The van der Waals surface area contributed by atoms with E-state index < -0.39 is 0 Å². The van der Waals surface area contributed by atoms with Crippen LogP contribution < -0.4 is 0 Å². The van der Waals surface area contributed by atoms with Gasteiger partial charge < -0.3 is 9.64 Å². The molecule has 0 fully saturated rings. The topological polar surface area (TPSA) is 29.5 Å². The first-order valence-corrected chi connectivity index (χ1v) is 5.93. The van der Waals surface area contributed by atoms with E-state index in [-0.39, 0.29) is 5.91 Å². The number of halogens is 2. The maximum absolute atomic E-state index is 11.9. The van der Waals surface area contributed by atoms with Gasteiger partial charge in [-0.05, 0) is 34.1 Å². The number of nitrogens with zero attached hydrogens (tertiary/aromatic N) is 1. The minimum Gasteiger partial charge on any atom is -0.383 e. The fourth-order valence-corrected chi connectivity index (χ4v) is 1.61. The van der Waals surface area contributed by atoms with Gasteiger partial charge in [-0.1, -0.05) is 11.6 Å². The summed E-state index contributed by atoms with van der Waals surface area (Å²) < 4.78 is 5.70. The molecule has 88 valence electrons. The molecule has 1 aromatic rings. The van der Waals surface area contributed by atoms with Crippen LogP contribution in [0.25, 0.3) is 0 Å². The van der Waals surface area contributed by atoms with Crippen LogP contribution in [-0.2, 0) is 4.74 Å². The molecule has 1 amide bonds. The molecule has 0 aromatic heterocycles. The van der Waals surface area contributed by atoms with E-state index >= 15 is 0 Å². The number of methoxy groups -OCH3 is 1. The van der Waals surface area contributed by atoms with Crippen LogP contribution in [0.2, 0.25) is 5.02 Å². The number of hydrogen-bond donors (Lipinski definition) is 0. The molecule has 0 aliphatic rings. The predicted molar refractivity (Wildman–Crippen MR) is 68.0 cm³/mol. The van der Waals surface area contributed by atoms with Gasteiger partial charge >= 0.3 is 0 Å². The van der Waals surface area contributed by atoms with Gasteiger partial charge in [0.25, 0.3) is 5.91 Å². The van der Waals surface area contributed by atoms with E-state index in [0.29, 0.717) is 23.7 Å². The van der Waals surface area contributed by atoms with E-state index in [2.05, 4.69) is 15.9 Å². The summed E-state index contributed by atoms with van der Waals surface area (Å²) in [5.41, 5.74) is 0.576. The smallest absolute Gasteiger partial charge is 0.253 e. The highest BCUT2D eigenvalue weighted by atomic mass is 79.9. The van der Waals surface area contributed by atoms with Crippen molar-refractivity contribution in [3.8, 4) is 0 Å². The van der Waals surface area contributed by atoms with Crippen molar-refractivity contribution in [2.24, 2.45) is 0 Å². The Kier molecular flexibility index (Phi) is 5.25. The normalized spacial score (nSPS) is 10.2. The van der Waals surface area contributed by atoms with Crippen LogP contribution in [0, 0.1) is 0 Å². The summed E-state index contributed by atoms with van der Waals surface area (Å²) in [5.74, 6) is -0.0635. The van der Waals surface area contributed by atoms with Crippen molar-refractivity contribution in [3.63, 3.8) is 0 Å². The molecule has 0 heterocycles. The first-order chi connectivity index (χ1) is 7.56. The molecule has 0 saturated heterocycles. The second kappa shape index (κ2) is 6.23. The van der Waals surface area contributed by atoms with Crippen LogP contribution >= 0.6 is 27.5 Å². The van der Waals surface area contributed by atoms with Crippen molar-refractivity contribution >= 4 is 33.4 Å². The number of benzene rings is 1. The highest BCUT2D eigenvalue weighted by Crippen LogP contribution is 2.23. The number of hydrogen-bond acceptors (Lipinski definition) is 2. The molecule has 0 bridgehead atoms. The lowest BCUT2D eigenvalue weighted by molar-refractivity contribution is 0.0744. The molecule has 1 rings (SSSR count). The largest absolute Gasteiger partial charge is 0.383 e. The summed E-state index contributed by atoms with van der Waals surface area (Å²) in [4.78, 5) is 13.5. The molecule has 0 aliphatic carbocycles. The fraction of sp³-hybridized carbons (Fsp3) is 0.364. The summed E-state index contributed by atoms with van der Waals surface area (Å²) in [5, 5.41) is 0.533. The van der Waals surface area contributed by atoms with Crippen molar-refractivity contribution in [1.82, 2.24) is 4.90 Å². The van der Waals surface area contributed by atoms with Gasteiger partial charge in [0.05, 0.1) is 11.6 Å². The molecule has 1 aromatic carbocycles. The zero-order valence-electron chi connectivity index (χ0n) is 9.17. The number of carbonyl (C=O) groups excluding carboxylic acids is 1. The van der Waals surface area contributed by atoms with Crippen LogP contribution in [0.15, 0.2) is 22.7 Å². The first kappa shape index (κ1) is 13.5. The Morgan fingerprint density at radius 1 is 1.56 bits per heavy atom. The number of likely N-dealkylation sites (N-methyl/N-ethyl adjacent to an activating group) is 1. The first-order valence-electron chi connectivity index (χ1n) is 4.75. The van der Waals surface area contributed by atoms with Gasteiger partial charge in [-0.25, -0.2) is 0 Å². The molecular weight excluding hydrogens is 293 g/mol. The maximum atomic E-state index is 11.9. The van der Waals surface area contributed by atoms with Gasteiger partial charge in [0.1, 0.15) is 0 Å². The third kappa shape index (κ3) is 3.47. The Labute approximate surface area is 108 Å². The lowest BCUT2D eigenvalue weighted by Gasteiger charge is -2.16. The quantitative estimate of drug-likeness (QED) is 0.856. The van der Waals surface area contributed by atoms with Crippen LogP contribution in [0.3, 0.4) is 0 Å². The molecular formula is C11H13BrClNO2.